The van der Waals surface area contributed by atoms with Crippen LogP contribution >= 0.6 is 0 Å². The fourth-order valence-corrected chi connectivity index (χ4v) is 1.40. The summed E-state index contributed by atoms with van der Waals surface area (Å²) in [5, 5.41) is 11.4. The summed E-state index contributed by atoms with van der Waals surface area (Å²) in [4.78, 5) is 22.9. The Labute approximate surface area is 101 Å². The average Bonchev–Trinajstić information content (AvgIpc) is 2.21. The van der Waals surface area contributed by atoms with Crippen molar-refractivity contribution in [1.29, 1.82) is 0 Å². The number of carboxylic acid groups (broad SMARTS) is 1. The Morgan fingerprint density at radius 2 is 1.82 bits per heavy atom. The first-order chi connectivity index (χ1) is 7.75. The Hall–Kier alpha value is -1.84. The van der Waals surface area contributed by atoms with Crippen molar-refractivity contribution in [3.05, 3.63) is 34.9 Å². The van der Waals surface area contributed by atoms with Gasteiger partial charge in [0.05, 0.1) is 0 Å². The zero-order chi connectivity index (χ0) is 13.2. The molecule has 1 aromatic rings. The van der Waals surface area contributed by atoms with Crippen LogP contribution in [0, 0.1) is 13.8 Å². The minimum Gasteiger partial charge on any atom is -0.480 e. The predicted octanol–water partition coefficient (Wildman–Crippen LogP) is 1.90. The number of nitrogens with one attached hydrogen (secondary N) is 1. The summed E-state index contributed by atoms with van der Waals surface area (Å²) in [6.45, 7) is 6.67. The van der Waals surface area contributed by atoms with Gasteiger partial charge in [-0.15, -0.1) is 0 Å². The number of benzene rings is 1. The summed E-state index contributed by atoms with van der Waals surface area (Å²) in [5.41, 5.74) is 1.11. The second-order valence-electron chi connectivity index (χ2n) is 4.63. The van der Waals surface area contributed by atoms with Gasteiger partial charge in [0.15, 0.2) is 0 Å². The standard InChI is InChI=1S/C13H17NO3/c1-8-6-5-7-10(9(8)2)11(15)14-13(3,4)12(16)17/h5-7H,1-4H3,(H,14,15)(H,16,17). The molecule has 1 rings (SSSR count). The van der Waals surface area contributed by atoms with Crippen molar-refractivity contribution < 1.29 is 14.7 Å². The molecule has 1 amide bonds. The molecule has 0 radical (unpaired) electrons. The number of carboxylic acids is 1. The molecule has 0 atom stereocenters. The SMILES string of the molecule is Cc1cccc(C(=O)NC(C)(C)C(=O)O)c1C. The maximum absolute atomic E-state index is 12.0. The Morgan fingerprint density at radius 1 is 1.24 bits per heavy atom. The molecule has 0 saturated heterocycles. The molecule has 0 fully saturated rings. The van der Waals surface area contributed by atoms with Crippen molar-refractivity contribution in [3.63, 3.8) is 0 Å². The van der Waals surface area contributed by atoms with E-state index in [0.29, 0.717) is 5.56 Å². The Balaban J connectivity index is 2.99. The first-order valence-corrected chi connectivity index (χ1v) is 5.38. The summed E-state index contributed by atoms with van der Waals surface area (Å²) in [5.74, 6) is -1.42. The molecule has 0 heterocycles. The highest BCUT2D eigenvalue weighted by Crippen LogP contribution is 2.14. The predicted molar refractivity (Wildman–Crippen MR) is 65.1 cm³/mol. The van der Waals surface area contributed by atoms with Crippen LogP contribution in [0.2, 0.25) is 0 Å². The number of carbonyl (C=O) groups is 2. The number of hydrogen-bond acceptors (Lipinski definition) is 2. The van der Waals surface area contributed by atoms with Gasteiger partial charge in [0, 0.05) is 5.56 Å². The molecule has 0 saturated carbocycles. The van der Waals surface area contributed by atoms with Crippen LogP contribution in [0.3, 0.4) is 0 Å². The van der Waals surface area contributed by atoms with Crippen molar-refractivity contribution in [1.82, 2.24) is 5.32 Å². The Bertz CT molecular complexity index is 464. The van der Waals surface area contributed by atoms with E-state index in [9.17, 15) is 9.59 Å². The van der Waals surface area contributed by atoms with Gasteiger partial charge in [0.1, 0.15) is 5.54 Å². The Morgan fingerprint density at radius 3 is 2.35 bits per heavy atom. The molecule has 0 spiro atoms. The van der Waals surface area contributed by atoms with Gasteiger partial charge in [-0.25, -0.2) is 4.79 Å². The molecule has 0 aliphatic carbocycles. The fraction of sp³-hybridized carbons (Fsp3) is 0.385. The Kier molecular flexibility index (Phi) is 3.56. The molecule has 92 valence electrons. The highest BCUT2D eigenvalue weighted by atomic mass is 16.4. The molecular formula is C13H17NO3. The van der Waals surface area contributed by atoms with Crippen LogP contribution in [-0.4, -0.2) is 22.5 Å². The van der Waals surface area contributed by atoms with Gasteiger partial charge in [-0.1, -0.05) is 12.1 Å². The van der Waals surface area contributed by atoms with Gasteiger partial charge < -0.3 is 10.4 Å². The molecule has 4 nitrogen and oxygen atoms in total. The third-order valence-corrected chi connectivity index (χ3v) is 2.81. The lowest BCUT2D eigenvalue weighted by Gasteiger charge is -2.21. The van der Waals surface area contributed by atoms with E-state index in [4.69, 9.17) is 5.11 Å². The van der Waals surface area contributed by atoms with Crippen molar-refractivity contribution in [3.8, 4) is 0 Å². The van der Waals surface area contributed by atoms with Gasteiger partial charge in [0.25, 0.3) is 5.91 Å². The van der Waals surface area contributed by atoms with Crippen molar-refractivity contribution in [2.45, 2.75) is 33.2 Å². The molecule has 0 unspecified atom stereocenters. The number of amides is 1. The van der Waals surface area contributed by atoms with E-state index < -0.39 is 11.5 Å². The van der Waals surface area contributed by atoms with Gasteiger partial charge in [0.2, 0.25) is 0 Å². The number of carbonyl (C=O) groups excluding carboxylic acids is 1. The van der Waals surface area contributed by atoms with Gasteiger partial charge in [-0.3, -0.25) is 4.79 Å². The largest absolute Gasteiger partial charge is 0.480 e. The summed E-state index contributed by atoms with van der Waals surface area (Å²) in [6.07, 6.45) is 0. The highest BCUT2D eigenvalue weighted by Gasteiger charge is 2.29. The van der Waals surface area contributed by atoms with Crippen LogP contribution in [-0.2, 0) is 4.79 Å². The molecule has 0 aliphatic heterocycles. The lowest BCUT2D eigenvalue weighted by atomic mass is 10.0. The third kappa shape index (κ3) is 2.84. The van der Waals surface area contributed by atoms with Crippen molar-refractivity contribution >= 4 is 11.9 Å². The van der Waals surface area contributed by atoms with Crippen LogP contribution in [0.25, 0.3) is 0 Å². The highest BCUT2D eigenvalue weighted by molar-refractivity contribution is 5.98. The second kappa shape index (κ2) is 4.57. The monoisotopic (exact) mass is 235 g/mol. The molecule has 17 heavy (non-hydrogen) atoms. The van der Waals surface area contributed by atoms with Gasteiger partial charge in [-0.2, -0.15) is 0 Å². The molecule has 0 aliphatic rings. The maximum atomic E-state index is 12.0. The van der Waals surface area contributed by atoms with Crippen LogP contribution < -0.4 is 5.32 Å². The summed E-state index contributed by atoms with van der Waals surface area (Å²) in [6, 6.07) is 5.38. The van der Waals surface area contributed by atoms with Crippen LogP contribution in [0.15, 0.2) is 18.2 Å². The topological polar surface area (TPSA) is 66.4 Å². The summed E-state index contributed by atoms with van der Waals surface area (Å²) in [7, 11) is 0. The zero-order valence-electron chi connectivity index (χ0n) is 10.5. The number of aryl methyl sites for hydroxylation is 1. The van der Waals surface area contributed by atoms with E-state index in [0.717, 1.165) is 11.1 Å². The van der Waals surface area contributed by atoms with Gasteiger partial charge >= 0.3 is 5.97 Å². The molecule has 2 N–H and O–H groups in total. The number of rotatable bonds is 3. The van der Waals surface area contributed by atoms with Crippen molar-refractivity contribution in [2.24, 2.45) is 0 Å². The first-order valence-electron chi connectivity index (χ1n) is 5.38. The van der Waals surface area contributed by atoms with Crippen LogP contribution in [0.5, 0.6) is 0 Å². The van der Waals surface area contributed by atoms with Crippen LogP contribution in [0.1, 0.15) is 35.3 Å². The lowest BCUT2D eigenvalue weighted by Crippen LogP contribution is -2.49. The third-order valence-electron chi connectivity index (χ3n) is 2.81. The van der Waals surface area contributed by atoms with Crippen molar-refractivity contribution in [2.75, 3.05) is 0 Å². The summed E-state index contributed by atoms with van der Waals surface area (Å²) >= 11 is 0. The van der Waals surface area contributed by atoms with E-state index in [1.807, 2.05) is 19.9 Å². The molecular weight excluding hydrogens is 218 g/mol. The molecule has 0 aromatic heterocycles. The minimum absolute atomic E-state index is 0.362. The molecule has 4 heteroatoms. The second-order valence-corrected chi connectivity index (χ2v) is 4.63. The number of hydrogen-bond donors (Lipinski definition) is 2. The molecule has 1 aromatic carbocycles. The average molecular weight is 235 g/mol. The normalized spacial score (nSPS) is 11.1. The van der Waals surface area contributed by atoms with E-state index in [-0.39, 0.29) is 5.91 Å². The van der Waals surface area contributed by atoms with E-state index >= 15 is 0 Å². The van der Waals surface area contributed by atoms with E-state index in [1.54, 1.807) is 12.1 Å². The first kappa shape index (κ1) is 13.2. The molecule has 0 bridgehead atoms. The van der Waals surface area contributed by atoms with E-state index in [2.05, 4.69) is 5.32 Å². The fourth-order valence-electron chi connectivity index (χ4n) is 1.40. The minimum atomic E-state index is -1.27. The number of aliphatic carboxylic acids is 1. The van der Waals surface area contributed by atoms with E-state index in [1.165, 1.54) is 13.8 Å². The van der Waals surface area contributed by atoms with Crippen LogP contribution in [0.4, 0.5) is 0 Å². The smallest absolute Gasteiger partial charge is 0.328 e. The lowest BCUT2D eigenvalue weighted by molar-refractivity contribution is -0.143. The van der Waals surface area contributed by atoms with Gasteiger partial charge in [-0.05, 0) is 44.9 Å². The maximum Gasteiger partial charge on any atom is 0.328 e. The quantitative estimate of drug-likeness (QED) is 0.840. The zero-order valence-corrected chi connectivity index (χ0v) is 10.5. The summed E-state index contributed by atoms with van der Waals surface area (Å²) < 4.78 is 0.